The zero-order valence-corrected chi connectivity index (χ0v) is 6.48. The maximum Gasteiger partial charge on any atom is 0.223 e. The molecule has 4 atom stereocenters. The zero-order chi connectivity index (χ0) is 9.30. The van der Waals surface area contributed by atoms with E-state index in [1.54, 1.807) is 0 Å². The van der Waals surface area contributed by atoms with E-state index in [1.165, 1.54) is 0 Å². The molecule has 0 saturated heterocycles. The Morgan fingerprint density at radius 3 is 2.50 bits per heavy atom. The van der Waals surface area contributed by atoms with E-state index in [1.807, 2.05) is 0 Å². The number of nitrogens with two attached hydrogens (primary N) is 1. The smallest absolute Gasteiger partial charge is 0.223 e. The Bertz CT molecular complexity index is 187. The maximum absolute atomic E-state index is 13.1. The molecule has 1 rings (SSSR count). The van der Waals surface area contributed by atoms with Crippen LogP contribution in [0, 0.1) is 11.8 Å². The number of alkyl halides is 1. The van der Waals surface area contributed by atoms with Crippen molar-refractivity contribution < 1.29 is 19.4 Å². The van der Waals surface area contributed by atoms with E-state index in [-0.39, 0.29) is 6.42 Å². The number of primary amides is 1. The van der Waals surface area contributed by atoms with Crippen molar-refractivity contribution in [3.05, 3.63) is 0 Å². The lowest BCUT2D eigenvalue weighted by atomic mass is 10.0. The van der Waals surface area contributed by atoms with Gasteiger partial charge in [-0.3, -0.25) is 4.79 Å². The first-order valence-electron chi connectivity index (χ1n) is 3.80. The third kappa shape index (κ3) is 1.42. The van der Waals surface area contributed by atoms with E-state index >= 15 is 0 Å². The molecule has 4 nitrogen and oxygen atoms in total. The fourth-order valence-corrected chi connectivity index (χ4v) is 1.57. The van der Waals surface area contributed by atoms with Gasteiger partial charge in [0.05, 0.1) is 18.6 Å². The Morgan fingerprint density at radius 1 is 1.67 bits per heavy atom. The van der Waals surface area contributed by atoms with E-state index in [0.717, 1.165) is 0 Å². The molecular weight excluding hydrogens is 165 g/mol. The van der Waals surface area contributed by atoms with E-state index < -0.39 is 36.6 Å². The molecule has 1 fully saturated rings. The van der Waals surface area contributed by atoms with Gasteiger partial charge < -0.3 is 15.9 Å². The van der Waals surface area contributed by atoms with Crippen LogP contribution in [0.2, 0.25) is 0 Å². The number of hydrogen-bond donors (Lipinski definition) is 3. The van der Waals surface area contributed by atoms with Crippen molar-refractivity contribution in [1.29, 1.82) is 0 Å². The van der Waals surface area contributed by atoms with Crippen LogP contribution in [0.5, 0.6) is 0 Å². The first-order chi connectivity index (χ1) is 5.57. The van der Waals surface area contributed by atoms with Crippen molar-refractivity contribution in [2.75, 3.05) is 6.61 Å². The van der Waals surface area contributed by atoms with Gasteiger partial charge in [-0.25, -0.2) is 4.39 Å². The predicted molar refractivity (Wildman–Crippen MR) is 38.8 cm³/mol. The number of carbonyl (C=O) groups excluding carboxylic acids is 1. The Kier molecular flexibility index (Phi) is 2.64. The summed E-state index contributed by atoms with van der Waals surface area (Å²) < 4.78 is 13.1. The molecule has 1 aliphatic carbocycles. The highest BCUT2D eigenvalue weighted by Crippen LogP contribution is 2.33. The minimum absolute atomic E-state index is 0.0156. The number of aliphatic hydroxyl groups is 2. The maximum atomic E-state index is 13.1. The van der Waals surface area contributed by atoms with Crippen LogP contribution in [0.3, 0.4) is 0 Å². The third-order valence-electron chi connectivity index (χ3n) is 2.36. The van der Waals surface area contributed by atoms with Crippen molar-refractivity contribution in [3.8, 4) is 0 Å². The highest BCUT2D eigenvalue weighted by molar-refractivity contribution is 5.77. The summed E-state index contributed by atoms with van der Waals surface area (Å²) in [5, 5.41) is 17.8. The second-order valence-electron chi connectivity index (χ2n) is 3.10. The molecule has 4 unspecified atom stereocenters. The van der Waals surface area contributed by atoms with Crippen molar-refractivity contribution in [1.82, 2.24) is 0 Å². The molecule has 0 radical (unpaired) electrons. The SMILES string of the molecule is NC(=O)C1CC(O)C(CO)C1F. The molecule has 70 valence electrons. The zero-order valence-electron chi connectivity index (χ0n) is 6.48. The average molecular weight is 177 g/mol. The van der Waals surface area contributed by atoms with E-state index in [4.69, 9.17) is 10.8 Å². The quantitative estimate of drug-likeness (QED) is 0.495. The molecular formula is C7H12FNO3. The molecule has 0 aliphatic heterocycles. The van der Waals surface area contributed by atoms with Crippen LogP contribution in [0.15, 0.2) is 0 Å². The average Bonchev–Trinajstić information content (AvgIpc) is 2.27. The normalized spacial score (nSPS) is 41.6. The van der Waals surface area contributed by atoms with Crippen LogP contribution < -0.4 is 5.73 Å². The highest BCUT2D eigenvalue weighted by atomic mass is 19.1. The summed E-state index contributed by atoms with van der Waals surface area (Å²) in [7, 11) is 0. The van der Waals surface area contributed by atoms with Crippen LogP contribution in [-0.4, -0.2) is 35.0 Å². The van der Waals surface area contributed by atoms with Gasteiger partial charge >= 0.3 is 0 Å². The molecule has 0 aromatic carbocycles. The Labute approximate surface area is 69.2 Å². The number of rotatable bonds is 2. The lowest BCUT2D eigenvalue weighted by Gasteiger charge is -2.13. The number of hydrogen-bond acceptors (Lipinski definition) is 3. The molecule has 1 saturated carbocycles. The molecule has 4 N–H and O–H groups in total. The first kappa shape index (κ1) is 9.41. The molecule has 12 heavy (non-hydrogen) atoms. The standard InChI is InChI=1S/C7H12FNO3/c8-6-3(7(9)12)1-5(11)4(6)2-10/h3-6,10-11H,1-2H2,(H2,9,12). The fraction of sp³-hybridized carbons (Fsp3) is 0.857. The van der Waals surface area contributed by atoms with Gasteiger partial charge in [0.25, 0.3) is 0 Å². The lowest BCUT2D eigenvalue weighted by molar-refractivity contribution is -0.123. The Balaban J connectivity index is 2.68. The van der Waals surface area contributed by atoms with E-state index in [2.05, 4.69) is 0 Å². The predicted octanol–water partition coefficient (Wildman–Crippen LogP) is -1.20. The fourth-order valence-electron chi connectivity index (χ4n) is 1.57. The second-order valence-corrected chi connectivity index (χ2v) is 3.10. The summed E-state index contributed by atoms with van der Waals surface area (Å²) in [6.45, 7) is -0.452. The van der Waals surface area contributed by atoms with Crippen molar-refractivity contribution in [2.24, 2.45) is 17.6 Å². The minimum Gasteiger partial charge on any atom is -0.396 e. The van der Waals surface area contributed by atoms with E-state index in [9.17, 15) is 14.3 Å². The number of carbonyl (C=O) groups is 1. The highest BCUT2D eigenvalue weighted by Gasteiger charge is 2.45. The van der Waals surface area contributed by atoms with Gasteiger partial charge in [-0.1, -0.05) is 0 Å². The first-order valence-corrected chi connectivity index (χ1v) is 3.80. The van der Waals surface area contributed by atoms with Gasteiger partial charge in [0.2, 0.25) is 5.91 Å². The third-order valence-corrected chi connectivity index (χ3v) is 2.36. The number of aliphatic hydroxyl groups excluding tert-OH is 2. The summed E-state index contributed by atoms with van der Waals surface area (Å²) in [6, 6.07) is 0. The molecule has 5 heteroatoms. The summed E-state index contributed by atoms with van der Waals surface area (Å²) >= 11 is 0. The topological polar surface area (TPSA) is 83.6 Å². The van der Waals surface area contributed by atoms with Gasteiger partial charge in [-0.2, -0.15) is 0 Å². The van der Waals surface area contributed by atoms with Crippen LogP contribution >= 0.6 is 0 Å². The minimum atomic E-state index is -1.51. The number of amides is 1. The van der Waals surface area contributed by atoms with Crippen LogP contribution in [0.1, 0.15) is 6.42 Å². The van der Waals surface area contributed by atoms with Crippen LogP contribution in [0.25, 0.3) is 0 Å². The van der Waals surface area contributed by atoms with Crippen LogP contribution in [0.4, 0.5) is 4.39 Å². The number of halogens is 1. The van der Waals surface area contributed by atoms with Crippen LogP contribution in [-0.2, 0) is 4.79 Å². The summed E-state index contributed by atoms with van der Waals surface area (Å²) in [4.78, 5) is 10.6. The van der Waals surface area contributed by atoms with Crippen molar-refractivity contribution >= 4 is 5.91 Å². The summed E-state index contributed by atoms with van der Waals surface area (Å²) in [5.74, 6) is -2.56. The Morgan fingerprint density at radius 2 is 2.25 bits per heavy atom. The molecule has 0 spiro atoms. The van der Waals surface area contributed by atoms with Gasteiger partial charge in [-0.15, -0.1) is 0 Å². The van der Waals surface area contributed by atoms with Crippen molar-refractivity contribution in [2.45, 2.75) is 18.7 Å². The molecule has 0 heterocycles. The molecule has 1 amide bonds. The van der Waals surface area contributed by atoms with Crippen molar-refractivity contribution in [3.63, 3.8) is 0 Å². The molecule has 0 bridgehead atoms. The second kappa shape index (κ2) is 3.37. The molecule has 1 aliphatic rings. The summed E-state index contributed by atoms with van der Waals surface area (Å²) in [6.07, 6.45) is -2.45. The summed E-state index contributed by atoms with van der Waals surface area (Å²) in [5.41, 5.74) is 4.90. The van der Waals surface area contributed by atoms with Gasteiger partial charge in [0.1, 0.15) is 6.17 Å². The van der Waals surface area contributed by atoms with Gasteiger partial charge in [0, 0.05) is 5.92 Å². The largest absolute Gasteiger partial charge is 0.396 e. The lowest BCUT2D eigenvalue weighted by Crippen LogP contribution is -2.31. The molecule has 0 aromatic heterocycles. The van der Waals surface area contributed by atoms with Gasteiger partial charge in [-0.05, 0) is 6.42 Å². The monoisotopic (exact) mass is 177 g/mol. The molecule has 0 aromatic rings. The van der Waals surface area contributed by atoms with Gasteiger partial charge in [0.15, 0.2) is 0 Å². The van der Waals surface area contributed by atoms with E-state index in [0.29, 0.717) is 0 Å². The Hall–Kier alpha value is -0.680.